The molecule has 0 fully saturated rings. The van der Waals surface area contributed by atoms with Gasteiger partial charge in [-0.1, -0.05) is 54.6 Å². The van der Waals surface area contributed by atoms with E-state index in [-0.39, 0.29) is 18.9 Å². The number of alkyl carbamates (subject to hydrolysis) is 1. The van der Waals surface area contributed by atoms with Crippen LogP contribution in [0.25, 0.3) is 11.1 Å². The molecule has 2 N–H and O–H groups in total. The number of aryl methyl sites for hydroxylation is 2. The van der Waals surface area contributed by atoms with Crippen LogP contribution >= 0.6 is 0 Å². The average molecular weight is 416 g/mol. The van der Waals surface area contributed by atoms with E-state index in [0.29, 0.717) is 6.42 Å². The van der Waals surface area contributed by atoms with Crippen LogP contribution in [0.1, 0.15) is 34.7 Å². The normalized spacial score (nSPS) is 13.2. The van der Waals surface area contributed by atoms with E-state index < -0.39 is 18.1 Å². The maximum atomic E-state index is 12.4. The third-order valence-electron chi connectivity index (χ3n) is 5.75. The lowest BCUT2D eigenvalue weighted by molar-refractivity contribution is -0.139. The highest BCUT2D eigenvalue weighted by Gasteiger charge is 2.29. The molecule has 1 heterocycles. The molecular formula is C25H24N2O4. The molecule has 31 heavy (non-hydrogen) atoms. The van der Waals surface area contributed by atoms with Gasteiger partial charge in [-0.2, -0.15) is 0 Å². The molecule has 0 bridgehead atoms. The van der Waals surface area contributed by atoms with Gasteiger partial charge in [-0.15, -0.1) is 0 Å². The number of carbonyl (C=O) groups excluding carboxylic acids is 1. The van der Waals surface area contributed by atoms with Crippen molar-refractivity contribution in [2.24, 2.45) is 0 Å². The van der Waals surface area contributed by atoms with Gasteiger partial charge >= 0.3 is 12.1 Å². The molecule has 0 saturated carbocycles. The van der Waals surface area contributed by atoms with Crippen LogP contribution < -0.4 is 5.32 Å². The fourth-order valence-corrected chi connectivity index (χ4v) is 4.12. The molecule has 3 aromatic rings. The number of carbonyl (C=O) groups is 2. The highest BCUT2D eigenvalue weighted by Crippen LogP contribution is 2.44. The summed E-state index contributed by atoms with van der Waals surface area (Å²) in [5, 5.41) is 12.0. The van der Waals surface area contributed by atoms with Crippen molar-refractivity contribution in [1.82, 2.24) is 10.3 Å². The molecule has 1 aromatic heterocycles. The van der Waals surface area contributed by atoms with E-state index in [1.54, 1.807) is 6.20 Å². The first-order valence-electron chi connectivity index (χ1n) is 10.3. The molecule has 0 saturated heterocycles. The Bertz CT molecular complexity index is 1070. The van der Waals surface area contributed by atoms with Gasteiger partial charge in [-0.05, 0) is 53.6 Å². The van der Waals surface area contributed by atoms with Gasteiger partial charge in [0.15, 0.2) is 0 Å². The van der Waals surface area contributed by atoms with Gasteiger partial charge in [0.2, 0.25) is 0 Å². The maximum Gasteiger partial charge on any atom is 0.407 e. The van der Waals surface area contributed by atoms with Crippen LogP contribution in [0.2, 0.25) is 0 Å². The number of ether oxygens (including phenoxy) is 1. The average Bonchev–Trinajstić information content (AvgIpc) is 3.10. The Morgan fingerprint density at radius 3 is 2.29 bits per heavy atom. The summed E-state index contributed by atoms with van der Waals surface area (Å²) in [7, 11) is 0. The maximum absolute atomic E-state index is 12.4. The van der Waals surface area contributed by atoms with Crippen LogP contribution in [0, 0.1) is 6.92 Å². The summed E-state index contributed by atoms with van der Waals surface area (Å²) in [4.78, 5) is 28.3. The van der Waals surface area contributed by atoms with E-state index in [2.05, 4.69) is 22.4 Å². The Labute approximate surface area is 180 Å². The first kappa shape index (κ1) is 20.6. The van der Waals surface area contributed by atoms with Gasteiger partial charge in [0.1, 0.15) is 12.6 Å². The first-order valence-corrected chi connectivity index (χ1v) is 10.3. The quantitative estimate of drug-likeness (QED) is 0.599. The summed E-state index contributed by atoms with van der Waals surface area (Å²) in [6.07, 6.45) is 1.73. The molecule has 4 rings (SSSR count). The molecule has 2 aromatic carbocycles. The van der Waals surface area contributed by atoms with Crippen molar-refractivity contribution in [2.45, 2.75) is 31.7 Å². The third-order valence-corrected chi connectivity index (χ3v) is 5.75. The van der Waals surface area contributed by atoms with Crippen LogP contribution in [0.5, 0.6) is 0 Å². The van der Waals surface area contributed by atoms with Crippen LogP contribution in [-0.4, -0.2) is 34.8 Å². The van der Waals surface area contributed by atoms with Crippen LogP contribution in [0.15, 0.2) is 66.9 Å². The predicted molar refractivity (Wildman–Crippen MR) is 117 cm³/mol. The number of hydrogen-bond acceptors (Lipinski definition) is 4. The second-order valence-electron chi connectivity index (χ2n) is 7.65. The van der Waals surface area contributed by atoms with Crippen molar-refractivity contribution in [3.8, 4) is 11.1 Å². The van der Waals surface area contributed by atoms with E-state index in [1.165, 1.54) is 0 Å². The van der Waals surface area contributed by atoms with Crippen LogP contribution in [0.4, 0.5) is 4.79 Å². The number of aromatic nitrogens is 1. The van der Waals surface area contributed by atoms with Gasteiger partial charge in [0.25, 0.3) is 0 Å². The number of rotatable bonds is 7. The number of nitrogens with zero attached hydrogens (tertiary/aromatic N) is 1. The number of benzene rings is 2. The molecule has 0 aliphatic heterocycles. The minimum atomic E-state index is -1.09. The number of fused-ring (bicyclic) bond motifs is 3. The lowest BCUT2D eigenvalue weighted by Crippen LogP contribution is -2.41. The van der Waals surface area contributed by atoms with E-state index in [9.17, 15) is 14.7 Å². The minimum Gasteiger partial charge on any atom is -0.480 e. The summed E-state index contributed by atoms with van der Waals surface area (Å²) in [6, 6.07) is 18.8. The van der Waals surface area contributed by atoms with E-state index in [0.717, 1.165) is 33.5 Å². The summed E-state index contributed by atoms with van der Waals surface area (Å²) < 4.78 is 5.47. The number of carboxylic acid groups (broad SMARTS) is 1. The van der Waals surface area contributed by atoms with Crippen molar-refractivity contribution in [1.29, 1.82) is 0 Å². The number of aliphatic carboxylic acids is 1. The molecule has 1 amide bonds. The highest BCUT2D eigenvalue weighted by atomic mass is 16.5. The number of amides is 1. The van der Waals surface area contributed by atoms with Crippen LogP contribution in [0.3, 0.4) is 0 Å². The Morgan fingerprint density at radius 1 is 1.03 bits per heavy atom. The molecule has 0 unspecified atom stereocenters. The molecular weight excluding hydrogens is 392 g/mol. The standard InChI is InChI=1S/C25H24N2O4/c1-16-17(7-6-14-26-16)12-13-23(24(28)29)27-25(30)31-15-22-20-10-4-2-8-18(20)19-9-3-5-11-21(19)22/h2-11,14,22-23H,12-13,15H2,1H3,(H,27,30)(H,28,29)/t23-/m0/s1. The van der Waals surface area contributed by atoms with Crippen molar-refractivity contribution >= 4 is 12.1 Å². The largest absolute Gasteiger partial charge is 0.480 e. The Morgan fingerprint density at radius 2 is 1.68 bits per heavy atom. The van der Waals surface area contributed by atoms with Crippen molar-refractivity contribution in [3.05, 3.63) is 89.2 Å². The van der Waals surface area contributed by atoms with Crippen molar-refractivity contribution < 1.29 is 19.4 Å². The molecule has 1 aliphatic carbocycles. The topological polar surface area (TPSA) is 88.5 Å². The van der Waals surface area contributed by atoms with Gasteiger partial charge in [-0.3, -0.25) is 4.98 Å². The smallest absolute Gasteiger partial charge is 0.407 e. The number of hydrogen-bond donors (Lipinski definition) is 2. The number of pyridine rings is 1. The lowest BCUT2D eigenvalue weighted by atomic mass is 9.98. The fourth-order valence-electron chi connectivity index (χ4n) is 4.12. The van der Waals surface area contributed by atoms with Gasteiger partial charge < -0.3 is 15.2 Å². The molecule has 158 valence electrons. The molecule has 0 radical (unpaired) electrons. The third kappa shape index (κ3) is 4.43. The van der Waals surface area contributed by atoms with E-state index in [1.807, 2.05) is 55.5 Å². The zero-order chi connectivity index (χ0) is 21.8. The zero-order valence-electron chi connectivity index (χ0n) is 17.2. The van der Waals surface area contributed by atoms with Gasteiger partial charge in [0, 0.05) is 17.8 Å². The molecule has 0 spiro atoms. The summed E-state index contributed by atoms with van der Waals surface area (Å²) in [6.45, 7) is 2.03. The fraction of sp³-hybridized carbons (Fsp3) is 0.240. The minimum absolute atomic E-state index is 0.0699. The summed E-state index contributed by atoms with van der Waals surface area (Å²) in [5.41, 5.74) is 6.32. The zero-order valence-corrected chi connectivity index (χ0v) is 17.2. The monoisotopic (exact) mass is 416 g/mol. The van der Waals surface area contributed by atoms with Crippen LogP contribution in [-0.2, 0) is 16.0 Å². The second kappa shape index (κ2) is 9.00. The SMILES string of the molecule is Cc1ncccc1CC[C@H](NC(=O)OCC1c2ccccc2-c2ccccc21)C(=O)O. The number of carboxylic acids is 1. The molecule has 6 heteroatoms. The van der Waals surface area contributed by atoms with Crippen molar-refractivity contribution in [2.75, 3.05) is 6.61 Å². The molecule has 1 atom stereocenters. The molecule has 6 nitrogen and oxygen atoms in total. The van der Waals surface area contributed by atoms with Gasteiger partial charge in [-0.25, -0.2) is 9.59 Å². The molecule has 1 aliphatic rings. The Kier molecular flexibility index (Phi) is 5.98. The first-order chi connectivity index (χ1) is 15.0. The Hall–Kier alpha value is -3.67. The second-order valence-corrected chi connectivity index (χ2v) is 7.65. The summed E-state index contributed by atoms with van der Waals surface area (Å²) >= 11 is 0. The Balaban J connectivity index is 1.39. The predicted octanol–water partition coefficient (Wildman–Crippen LogP) is 4.31. The van der Waals surface area contributed by atoms with E-state index in [4.69, 9.17) is 4.74 Å². The lowest BCUT2D eigenvalue weighted by Gasteiger charge is -2.17. The summed E-state index contributed by atoms with van der Waals surface area (Å²) in [5.74, 6) is -1.16. The highest BCUT2D eigenvalue weighted by molar-refractivity contribution is 5.81. The van der Waals surface area contributed by atoms with Crippen molar-refractivity contribution in [3.63, 3.8) is 0 Å². The number of nitrogens with one attached hydrogen (secondary N) is 1. The van der Waals surface area contributed by atoms with Gasteiger partial charge in [0.05, 0.1) is 0 Å². The van der Waals surface area contributed by atoms with E-state index >= 15 is 0 Å².